The quantitative estimate of drug-likeness (QED) is 0.514. The van der Waals surface area contributed by atoms with Gasteiger partial charge in [-0.1, -0.05) is 55.5 Å². The number of hydrazone groups is 1. The standard InChI is InChI=1S/C24H26N2O2/c1-6-11-20-22-19(18-12-9-8-10-13-18)15-14-16(3)21(22)17(4)23(24(27)28-5)26(20)25-7-2/h7-15H,6H2,1-5H3/b20-11+,25-7-. The fourth-order valence-electron chi connectivity index (χ4n) is 3.77. The number of hydrogen-bond donors (Lipinski definition) is 0. The van der Waals surface area contributed by atoms with E-state index in [9.17, 15) is 4.79 Å². The van der Waals surface area contributed by atoms with Gasteiger partial charge in [-0.3, -0.25) is 0 Å². The van der Waals surface area contributed by atoms with Gasteiger partial charge in [-0.25, -0.2) is 9.80 Å². The first-order valence-electron chi connectivity index (χ1n) is 9.52. The molecule has 28 heavy (non-hydrogen) atoms. The van der Waals surface area contributed by atoms with Gasteiger partial charge in [0.1, 0.15) is 0 Å². The van der Waals surface area contributed by atoms with Gasteiger partial charge < -0.3 is 4.74 Å². The average Bonchev–Trinajstić information content (AvgIpc) is 2.71. The molecule has 0 bridgehead atoms. The maximum absolute atomic E-state index is 12.7. The summed E-state index contributed by atoms with van der Waals surface area (Å²) in [5.41, 5.74) is 7.79. The topological polar surface area (TPSA) is 41.9 Å². The molecule has 0 fully saturated rings. The molecular weight excluding hydrogens is 348 g/mol. The van der Waals surface area contributed by atoms with Crippen molar-refractivity contribution in [2.24, 2.45) is 5.10 Å². The fourth-order valence-corrected chi connectivity index (χ4v) is 3.77. The number of benzene rings is 2. The van der Waals surface area contributed by atoms with Crippen LogP contribution in [-0.4, -0.2) is 24.3 Å². The molecular formula is C24H26N2O2. The van der Waals surface area contributed by atoms with Crippen molar-refractivity contribution in [2.45, 2.75) is 34.1 Å². The molecule has 0 saturated heterocycles. The van der Waals surface area contributed by atoms with Gasteiger partial charge in [-0.15, -0.1) is 0 Å². The first-order valence-corrected chi connectivity index (χ1v) is 9.52. The fraction of sp³-hybridized carbons (Fsp3) is 0.250. The molecule has 0 saturated carbocycles. The number of esters is 1. The third-order valence-corrected chi connectivity index (χ3v) is 4.93. The van der Waals surface area contributed by atoms with Crippen LogP contribution in [0.3, 0.4) is 0 Å². The van der Waals surface area contributed by atoms with Crippen molar-refractivity contribution >= 4 is 23.5 Å². The minimum atomic E-state index is -0.389. The van der Waals surface area contributed by atoms with E-state index >= 15 is 0 Å². The lowest BCUT2D eigenvalue weighted by Crippen LogP contribution is -2.28. The Bertz CT molecular complexity index is 985. The lowest BCUT2D eigenvalue weighted by atomic mass is 9.83. The van der Waals surface area contributed by atoms with Crippen LogP contribution in [0.25, 0.3) is 22.4 Å². The zero-order chi connectivity index (χ0) is 20.3. The highest BCUT2D eigenvalue weighted by Crippen LogP contribution is 2.45. The summed E-state index contributed by atoms with van der Waals surface area (Å²) in [5.74, 6) is -0.389. The van der Waals surface area contributed by atoms with Gasteiger partial charge in [0.25, 0.3) is 0 Å². The molecule has 1 aliphatic rings. The molecule has 4 heteroatoms. The SMILES string of the molecule is C/C=N\N1C(C(=O)OC)=C(C)c2c(C)ccc(-c3ccccc3)c2/C1=C\CC. The third-order valence-electron chi connectivity index (χ3n) is 4.93. The molecule has 0 N–H and O–H groups in total. The number of aryl methyl sites for hydroxylation is 1. The zero-order valence-electron chi connectivity index (χ0n) is 17.1. The van der Waals surface area contributed by atoms with E-state index in [0.29, 0.717) is 5.70 Å². The zero-order valence-corrected chi connectivity index (χ0v) is 17.1. The van der Waals surface area contributed by atoms with E-state index in [1.54, 1.807) is 11.2 Å². The van der Waals surface area contributed by atoms with Crippen LogP contribution in [0.1, 0.15) is 43.9 Å². The maximum atomic E-state index is 12.7. The van der Waals surface area contributed by atoms with E-state index < -0.39 is 0 Å². The molecule has 0 aliphatic carbocycles. The summed E-state index contributed by atoms with van der Waals surface area (Å²) in [6.07, 6.45) is 4.63. The van der Waals surface area contributed by atoms with Crippen molar-refractivity contribution in [3.8, 4) is 11.1 Å². The van der Waals surface area contributed by atoms with E-state index in [1.807, 2.05) is 32.0 Å². The van der Waals surface area contributed by atoms with Crippen LogP contribution in [0.5, 0.6) is 0 Å². The van der Waals surface area contributed by atoms with Crippen LogP contribution < -0.4 is 0 Å². The minimum Gasteiger partial charge on any atom is -0.464 e. The van der Waals surface area contributed by atoms with E-state index in [1.165, 1.54) is 7.11 Å². The first-order chi connectivity index (χ1) is 13.5. The monoisotopic (exact) mass is 374 g/mol. The number of fused-ring (bicyclic) bond motifs is 1. The van der Waals surface area contributed by atoms with Crippen LogP contribution in [0.4, 0.5) is 0 Å². The molecule has 2 aromatic rings. The van der Waals surface area contributed by atoms with Gasteiger partial charge in [-0.2, -0.15) is 5.10 Å². The summed E-state index contributed by atoms with van der Waals surface area (Å²) in [6.45, 7) is 7.97. The Hall–Kier alpha value is -3.14. The molecule has 1 heterocycles. The molecule has 0 unspecified atom stereocenters. The predicted molar refractivity (Wildman–Crippen MR) is 115 cm³/mol. The Morgan fingerprint density at radius 1 is 1.11 bits per heavy atom. The smallest absolute Gasteiger partial charge is 0.357 e. The van der Waals surface area contributed by atoms with Crippen LogP contribution in [0, 0.1) is 6.92 Å². The van der Waals surface area contributed by atoms with E-state index in [4.69, 9.17) is 4.74 Å². The second-order valence-corrected chi connectivity index (χ2v) is 6.69. The number of ether oxygens (including phenoxy) is 1. The maximum Gasteiger partial charge on any atom is 0.357 e. The van der Waals surface area contributed by atoms with Crippen LogP contribution >= 0.6 is 0 Å². The number of hydrogen-bond acceptors (Lipinski definition) is 4. The van der Waals surface area contributed by atoms with Crippen molar-refractivity contribution in [1.29, 1.82) is 0 Å². The first kappa shape index (κ1) is 19.6. The third kappa shape index (κ3) is 3.26. The molecule has 0 amide bonds. The van der Waals surface area contributed by atoms with Gasteiger partial charge in [-0.05, 0) is 55.0 Å². The minimum absolute atomic E-state index is 0.389. The highest BCUT2D eigenvalue weighted by Gasteiger charge is 2.34. The van der Waals surface area contributed by atoms with Gasteiger partial charge in [0.15, 0.2) is 5.70 Å². The number of carbonyl (C=O) groups excluding carboxylic acids is 1. The number of methoxy groups -OCH3 is 1. The van der Waals surface area contributed by atoms with Gasteiger partial charge in [0, 0.05) is 11.8 Å². The normalized spacial score (nSPS) is 15.3. The summed E-state index contributed by atoms with van der Waals surface area (Å²) in [5, 5.41) is 6.25. The van der Waals surface area contributed by atoms with Gasteiger partial charge in [0.2, 0.25) is 0 Å². The largest absolute Gasteiger partial charge is 0.464 e. The average molecular weight is 374 g/mol. The Labute approximate surface area is 166 Å². The highest BCUT2D eigenvalue weighted by atomic mass is 16.5. The van der Waals surface area contributed by atoms with Crippen molar-refractivity contribution in [3.05, 3.63) is 70.9 Å². The Morgan fingerprint density at radius 2 is 1.82 bits per heavy atom. The second-order valence-electron chi connectivity index (χ2n) is 6.69. The summed E-state index contributed by atoms with van der Waals surface area (Å²) < 4.78 is 5.09. The number of carbonyl (C=O) groups is 1. The lowest BCUT2D eigenvalue weighted by molar-refractivity contribution is -0.137. The van der Waals surface area contributed by atoms with Crippen LogP contribution in [0.2, 0.25) is 0 Å². The summed E-state index contributed by atoms with van der Waals surface area (Å²) in [4.78, 5) is 12.7. The van der Waals surface area contributed by atoms with E-state index in [0.717, 1.165) is 45.5 Å². The molecule has 2 aromatic carbocycles. The highest BCUT2D eigenvalue weighted by molar-refractivity contribution is 6.05. The summed E-state index contributed by atoms with van der Waals surface area (Å²) >= 11 is 0. The lowest BCUT2D eigenvalue weighted by Gasteiger charge is -2.34. The van der Waals surface area contributed by atoms with Gasteiger partial charge >= 0.3 is 5.97 Å². The van der Waals surface area contributed by atoms with Crippen molar-refractivity contribution in [1.82, 2.24) is 5.01 Å². The Balaban J connectivity index is 2.44. The Kier molecular flexibility index (Phi) is 5.78. The van der Waals surface area contributed by atoms with Crippen molar-refractivity contribution in [2.75, 3.05) is 7.11 Å². The summed E-state index contributed by atoms with van der Waals surface area (Å²) in [7, 11) is 1.41. The molecule has 3 rings (SSSR count). The number of nitrogens with zero attached hydrogens (tertiary/aromatic N) is 2. The molecule has 0 radical (unpaired) electrons. The van der Waals surface area contributed by atoms with Gasteiger partial charge in [0.05, 0.1) is 12.8 Å². The van der Waals surface area contributed by atoms with E-state index in [2.05, 4.69) is 49.3 Å². The van der Waals surface area contributed by atoms with Crippen molar-refractivity contribution < 1.29 is 9.53 Å². The Morgan fingerprint density at radius 3 is 2.43 bits per heavy atom. The molecule has 144 valence electrons. The van der Waals surface area contributed by atoms with E-state index in [-0.39, 0.29) is 5.97 Å². The number of allylic oxidation sites excluding steroid dienone is 2. The van der Waals surface area contributed by atoms with Crippen molar-refractivity contribution in [3.63, 3.8) is 0 Å². The molecule has 0 aromatic heterocycles. The predicted octanol–water partition coefficient (Wildman–Crippen LogP) is 5.64. The number of rotatable bonds is 4. The molecule has 0 spiro atoms. The second kappa shape index (κ2) is 8.26. The van der Waals surface area contributed by atoms with Crippen LogP contribution in [-0.2, 0) is 9.53 Å². The van der Waals surface area contributed by atoms with Crippen LogP contribution in [0.15, 0.2) is 59.3 Å². The molecule has 4 nitrogen and oxygen atoms in total. The molecule has 0 atom stereocenters. The summed E-state index contributed by atoms with van der Waals surface area (Å²) in [6, 6.07) is 14.6. The molecule has 1 aliphatic heterocycles.